The van der Waals surface area contributed by atoms with E-state index in [-0.39, 0.29) is 11.7 Å². The smallest absolute Gasteiger partial charge is 0.219 e. The van der Waals surface area contributed by atoms with E-state index in [2.05, 4.69) is 58.1 Å². The summed E-state index contributed by atoms with van der Waals surface area (Å²) in [6.07, 6.45) is 11.5. The molecule has 1 aromatic rings. The van der Waals surface area contributed by atoms with Crippen LogP contribution < -0.4 is 4.74 Å². The molecule has 0 fully saturated rings. The monoisotopic (exact) mass is 418 g/mol. The summed E-state index contributed by atoms with van der Waals surface area (Å²) in [5.74, 6) is 1.17. The standard InChI is InChI=1S/C21H31FN2O.C5H12/c1-6-8-9-14-24(5)16-18(4)10-12-20(19(22)7-2)25-21-13-11-17(3)15-23-21;1-4-5(2)3/h7,10-13,15,18H,2,6,8-9,14,16H2,1,3-5H3;5H,4H2,1-3H3/b12-10-,20-19-;. The van der Waals surface area contributed by atoms with E-state index in [1.807, 2.05) is 19.1 Å². The third-order valence-corrected chi connectivity index (χ3v) is 4.65. The van der Waals surface area contributed by atoms with Gasteiger partial charge in [-0.25, -0.2) is 9.37 Å². The Kier molecular flexibility index (Phi) is 15.7. The molecule has 0 saturated carbocycles. The highest BCUT2D eigenvalue weighted by molar-refractivity contribution is 5.28. The van der Waals surface area contributed by atoms with E-state index in [9.17, 15) is 4.39 Å². The van der Waals surface area contributed by atoms with Crippen LogP contribution in [0.5, 0.6) is 5.88 Å². The van der Waals surface area contributed by atoms with E-state index in [1.54, 1.807) is 18.3 Å². The fourth-order valence-corrected chi connectivity index (χ4v) is 2.42. The van der Waals surface area contributed by atoms with Crippen molar-refractivity contribution in [1.82, 2.24) is 9.88 Å². The van der Waals surface area contributed by atoms with Gasteiger partial charge >= 0.3 is 0 Å². The predicted octanol–water partition coefficient (Wildman–Crippen LogP) is 7.50. The van der Waals surface area contributed by atoms with E-state index < -0.39 is 5.83 Å². The Morgan fingerprint density at radius 2 is 1.90 bits per heavy atom. The molecule has 0 N–H and O–H groups in total. The van der Waals surface area contributed by atoms with Gasteiger partial charge in [-0.1, -0.05) is 72.6 Å². The van der Waals surface area contributed by atoms with Crippen LogP contribution in [0.2, 0.25) is 0 Å². The lowest BCUT2D eigenvalue weighted by atomic mass is 10.1. The molecule has 30 heavy (non-hydrogen) atoms. The second-order valence-corrected chi connectivity index (χ2v) is 8.30. The molecule has 0 spiro atoms. The quantitative estimate of drug-likeness (QED) is 0.200. The second kappa shape index (κ2) is 16.8. The van der Waals surface area contributed by atoms with Crippen molar-refractivity contribution in [3.8, 4) is 5.88 Å². The number of ether oxygens (including phenoxy) is 1. The molecule has 1 rings (SSSR count). The van der Waals surface area contributed by atoms with E-state index in [0.29, 0.717) is 5.88 Å². The van der Waals surface area contributed by atoms with Gasteiger partial charge in [0.1, 0.15) is 0 Å². The summed E-state index contributed by atoms with van der Waals surface area (Å²) < 4.78 is 19.6. The van der Waals surface area contributed by atoms with Gasteiger partial charge < -0.3 is 9.64 Å². The Labute approximate surface area is 184 Å². The summed E-state index contributed by atoms with van der Waals surface area (Å²) >= 11 is 0. The predicted molar refractivity (Wildman–Crippen MR) is 128 cm³/mol. The van der Waals surface area contributed by atoms with Crippen LogP contribution in [-0.2, 0) is 0 Å². The van der Waals surface area contributed by atoms with Gasteiger partial charge in [-0.15, -0.1) is 0 Å². The highest BCUT2D eigenvalue weighted by Gasteiger charge is 2.07. The third kappa shape index (κ3) is 14.1. The van der Waals surface area contributed by atoms with E-state index >= 15 is 0 Å². The molecule has 0 bridgehead atoms. The number of hydrogen-bond donors (Lipinski definition) is 0. The van der Waals surface area contributed by atoms with Crippen LogP contribution in [0.25, 0.3) is 0 Å². The number of halogens is 1. The number of rotatable bonds is 12. The van der Waals surface area contributed by atoms with Gasteiger partial charge in [-0.05, 0) is 56.5 Å². The number of pyridine rings is 1. The minimum absolute atomic E-state index is 0.131. The lowest BCUT2D eigenvalue weighted by molar-refractivity contribution is 0.300. The van der Waals surface area contributed by atoms with Crippen LogP contribution in [0.1, 0.15) is 65.9 Å². The molecule has 1 atom stereocenters. The van der Waals surface area contributed by atoms with E-state index in [0.717, 1.165) is 30.6 Å². The van der Waals surface area contributed by atoms with Gasteiger partial charge in [0, 0.05) is 18.8 Å². The lowest BCUT2D eigenvalue weighted by Gasteiger charge is -2.19. The van der Waals surface area contributed by atoms with Crippen molar-refractivity contribution >= 4 is 0 Å². The number of allylic oxidation sites excluding steroid dienone is 3. The van der Waals surface area contributed by atoms with Gasteiger partial charge in [0.25, 0.3) is 0 Å². The van der Waals surface area contributed by atoms with Gasteiger partial charge in [0.2, 0.25) is 5.88 Å². The first kappa shape index (κ1) is 28.1. The van der Waals surface area contributed by atoms with Crippen molar-refractivity contribution in [3.05, 3.63) is 60.3 Å². The Morgan fingerprint density at radius 3 is 2.40 bits per heavy atom. The average molecular weight is 419 g/mol. The lowest BCUT2D eigenvalue weighted by Crippen LogP contribution is -2.24. The van der Waals surface area contributed by atoms with Gasteiger partial charge in [-0.3, -0.25) is 0 Å². The minimum atomic E-state index is -0.498. The fraction of sp³-hybridized carbons (Fsp3) is 0.577. The summed E-state index contributed by atoms with van der Waals surface area (Å²) in [5.41, 5.74) is 1.03. The van der Waals surface area contributed by atoms with E-state index in [1.165, 1.54) is 25.7 Å². The molecule has 0 aliphatic rings. The number of aryl methyl sites for hydroxylation is 1. The molecule has 4 heteroatoms. The molecule has 0 amide bonds. The molecule has 1 heterocycles. The molecule has 3 nitrogen and oxygen atoms in total. The summed E-state index contributed by atoms with van der Waals surface area (Å²) in [4.78, 5) is 6.46. The average Bonchev–Trinajstić information content (AvgIpc) is 2.72. The maximum absolute atomic E-state index is 14.0. The maximum Gasteiger partial charge on any atom is 0.219 e. The summed E-state index contributed by atoms with van der Waals surface area (Å²) in [6, 6.07) is 3.61. The molecular formula is C26H43FN2O. The second-order valence-electron chi connectivity index (χ2n) is 8.30. The van der Waals surface area contributed by atoms with Crippen LogP contribution >= 0.6 is 0 Å². The van der Waals surface area contributed by atoms with Gasteiger partial charge in [0.05, 0.1) is 0 Å². The molecule has 170 valence electrons. The topological polar surface area (TPSA) is 25.4 Å². The number of unbranched alkanes of at least 4 members (excludes halogenated alkanes) is 2. The zero-order chi connectivity index (χ0) is 22.9. The summed E-state index contributed by atoms with van der Waals surface area (Å²) in [6.45, 7) is 18.4. The van der Waals surface area contributed by atoms with Crippen LogP contribution in [0.4, 0.5) is 4.39 Å². The van der Waals surface area contributed by atoms with Gasteiger partial charge in [-0.2, -0.15) is 0 Å². The highest BCUT2D eigenvalue weighted by Crippen LogP contribution is 2.17. The molecule has 0 radical (unpaired) electrons. The maximum atomic E-state index is 14.0. The number of hydrogen-bond acceptors (Lipinski definition) is 3. The van der Waals surface area contributed by atoms with Crippen LogP contribution in [0.3, 0.4) is 0 Å². The SMILES string of the molecule is C=C/C(F)=C(\C=C/C(C)CN(C)CCCCC)Oc1ccc(C)cn1.CCC(C)C. The zero-order valence-corrected chi connectivity index (χ0v) is 20.2. The summed E-state index contributed by atoms with van der Waals surface area (Å²) in [5, 5.41) is 0. The summed E-state index contributed by atoms with van der Waals surface area (Å²) in [7, 11) is 2.12. The van der Waals surface area contributed by atoms with Crippen molar-refractivity contribution in [2.45, 2.75) is 67.2 Å². The zero-order valence-electron chi connectivity index (χ0n) is 20.2. The number of nitrogens with zero attached hydrogens (tertiary/aromatic N) is 2. The van der Waals surface area contributed by atoms with Crippen molar-refractivity contribution in [2.75, 3.05) is 20.1 Å². The fourth-order valence-electron chi connectivity index (χ4n) is 2.42. The molecule has 0 aromatic carbocycles. The Morgan fingerprint density at radius 1 is 1.23 bits per heavy atom. The molecule has 1 unspecified atom stereocenters. The third-order valence-electron chi connectivity index (χ3n) is 4.65. The first-order valence-corrected chi connectivity index (χ1v) is 11.2. The first-order chi connectivity index (χ1) is 14.2. The van der Waals surface area contributed by atoms with E-state index in [4.69, 9.17) is 4.74 Å². The largest absolute Gasteiger partial charge is 0.436 e. The normalized spacial score (nSPS) is 13.1. The Bertz CT molecular complexity index is 635. The highest BCUT2D eigenvalue weighted by atomic mass is 19.1. The molecular weight excluding hydrogens is 375 g/mol. The van der Waals surface area contributed by atoms with Crippen molar-refractivity contribution in [3.63, 3.8) is 0 Å². The van der Waals surface area contributed by atoms with Crippen LogP contribution in [0.15, 0.2) is 54.7 Å². The Balaban J connectivity index is 0.00000150. The minimum Gasteiger partial charge on any atom is -0.436 e. The van der Waals surface area contributed by atoms with Gasteiger partial charge in [0.15, 0.2) is 11.6 Å². The molecule has 0 aliphatic carbocycles. The van der Waals surface area contributed by atoms with Crippen molar-refractivity contribution in [1.29, 1.82) is 0 Å². The number of aromatic nitrogens is 1. The van der Waals surface area contributed by atoms with Crippen LogP contribution in [-0.4, -0.2) is 30.0 Å². The first-order valence-electron chi connectivity index (χ1n) is 11.2. The molecule has 0 aliphatic heterocycles. The molecule has 0 saturated heterocycles. The van der Waals surface area contributed by atoms with Crippen molar-refractivity contribution in [2.24, 2.45) is 11.8 Å². The van der Waals surface area contributed by atoms with Crippen molar-refractivity contribution < 1.29 is 9.13 Å². The Hall–Kier alpha value is -1.94. The van der Waals surface area contributed by atoms with Crippen LogP contribution in [0, 0.1) is 18.8 Å². The molecule has 1 aromatic heterocycles.